The van der Waals surface area contributed by atoms with E-state index in [0.29, 0.717) is 22.4 Å². The number of benzene rings is 6. The van der Waals surface area contributed by atoms with Crippen LogP contribution in [0.1, 0.15) is 26.3 Å². The fourth-order valence-corrected chi connectivity index (χ4v) is 7.50. The van der Waals surface area contributed by atoms with E-state index >= 15 is 35.1 Å². The van der Waals surface area contributed by atoms with Crippen molar-refractivity contribution in [2.75, 3.05) is 18.3 Å². The predicted octanol–water partition coefficient (Wildman–Crippen LogP) is 8.82. The topological polar surface area (TPSA) is 34.1 Å². The Morgan fingerprint density at radius 1 is 0.354 bits per heavy atom. The molecule has 0 aromatic heterocycles. The van der Waals surface area contributed by atoms with Gasteiger partial charge in [-0.25, -0.2) is 87.8 Å². The van der Waals surface area contributed by atoms with Gasteiger partial charge in [0.2, 0.25) is 5.78 Å². The Bertz CT molecular complexity index is 2550. The lowest BCUT2D eigenvalue weighted by Gasteiger charge is -2.44. The fraction of sp³-hybridized carbons (Fsp3) is 0.0732. The average Bonchev–Trinajstić information content (AvgIpc) is 3.28. The molecule has 0 amide bonds. The molecule has 0 radical (unpaired) electrons. The molecule has 6 aromatic rings. The van der Waals surface area contributed by atoms with Crippen molar-refractivity contribution >= 4 is 50.5 Å². The van der Waals surface area contributed by atoms with Crippen molar-refractivity contribution in [2.24, 2.45) is 0 Å². The minimum Gasteiger partial charge on any atom is -0.289 e. The van der Waals surface area contributed by atoms with Crippen LogP contribution in [-0.4, -0.2) is 36.0 Å². The van der Waals surface area contributed by atoms with Crippen LogP contribution in [0.25, 0.3) is 0 Å². The number of hydrogen-bond acceptors (Lipinski definition) is 2. The Morgan fingerprint density at radius 3 is 0.877 bits per heavy atom. The van der Waals surface area contributed by atoms with Crippen molar-refractivity contribution in [2.45, 2.75) is 0 Å². The molecular formula is C41H17BF20O2S. The lowest BCUT2D eigenvalue weighted by atomic mass is 9.12. The van der Waals surface area contributed by atoms with E-state index in [2.05, 4.69) is 0 Å². The maximum atomic E-state index is 15.4. The maximum Gasteiger partial charge on any atom is 0.211 e. The summed E-state index contributed by atoms with van der Waals surface area (Å²) >= 11 is 0. The van der Waals surface area contributed by atoms with Crippen molar-refractivity contribution < 1.29 is 97.4 Å². The van der Waals surface area contributed by atoms with E-state index < -0.39 is 144 Å². The van der Waals surface area contributed by atoms with Crippen LogP contribution in [0, 0.1) is 116 Å². The van der Waals surface area contributed by atoms with Crippen LogP contribution in [0.15, 0.2) is 54.6 Å². The molecule has 0 aliphatic rings. The van der Waals surface area contributed by atoms with Gasteiger partial charge in [-0.2, -0.15) is 0 Å². The minimum atomic E-state index is -7.22. The summed E-state index contributed by atoms with van der Waals surface area (Å²) in [6.45, 7) is 0. The minimum absolute atomic E-state index is 0.0488. The van der Waals surface area contributed by atoms with E-state index in [0.717, 1.165) is 0 Å². The Balaban J connectivity index is 0.000000330. The molecule has 0 bridgehead atoms. The van der Waals surface area contributed by atoms with Gasteiger partial charge in [-0.05, 0) is 17.0 Å². The molecule has 6 aromatic carbocycles. The van der Waals surface area contributed by atoms with Crippen LogP contribution in [0.4, 0.5) is 87.8 Å². The van der Waals surface area contributed by atoms with Gasteiger partial charge in [-0.15, -0.1) is 21.9 Å². The van der Waals surface area contributed by atoms with Crippen molar-refractivity contribution in [3.8, 4) is 0 Å². The van der Waals surface area contributed by atoms with Gasteiger partial charge in [0, 0.05) is 16.7 Å². The van der Waals surface area contributed by atoms with Gasteiger partial charge in [-0.1, -0.05) is 48.5 Å². The normalized spacial score (nSPS) is 11.6. The number of carbonyl (C=O) groups is 2. The standard InChI is InChI=1S/C24BF20.C17H17O2S/c26-5-1(6(27)14(35)21(42)13(5)34)25(2-7(28)15(36)22(43)16(37)8(2)29,3-9(30)17(38)23(44)18(39)10(3)31)4-11(32)19(40)24(45)20(41)12(4)33;1-20(2)12-16(18)14-9-6-10-15(11-14)17(19)13-7-4-3-5-8-13/h;3-11H,12H2,1-2H3/q-1;+1. The summed E-state index contributed by atoms with van der Waals surface area (Å²) in [7, 11) is 0.0661. The van der Waals surface area contributed by atoms with Gasteiger partial charge in [0.25, 0.3) is 0 Å². The third kappa shape index (κ3) is 8.20. The van der Waals surface area contributed by atoms with E-state index in [9.17, 15) is 62.3 Å². The highest BCUT2D eigenvalue weighted by molar-refractivity contribution is 7.96. The van der Waals surface area contributed by atoms with Crippen molar-refractivity contribution in [1.29, 1.82) is 0 Å². The first-order chi connectivity index (χ1) is 30.3. The zero-order valence-electron chi connectivity index (χ0n) is 31.8. The Labute approximate surface area is 353 Å². The molecule has 6 rings (SSSR count). The van der Waals surface area contributed by atoms with Gasteiger partial charge in [0.15, 0.2) is 81.3 Å². The van der Waals surface area contributed by atoms with Crippen LogP contribution in [0.5, 0.6) is 0 Å². The molecule has 0 fully saturated rings. The molecule has 0 N–H and O–H groups in total. The van der Waals surface area contributed by atoms with Crippen LogP contribution in [-0.2, 0) is 10.9 Å². The zero-order valence-corrected chi connectivity index (χ0v) is 32.6. The highest BCUT2D eigenvalue weighted by Crippen LogP contribution is 2.31. The van der Waals surface area contributed by atoms with E-state index in [1.54, 1.807) is 36.4 Å². The van der Waals surface area contributed by atoms with Gasteiger partial charge in [-0.3, -0.25) is 9.59 Å². The second kappa shape index (κ2) is 18.6. The predicted molar refractivity (Wildman–Crippen MR) is 194 cm³/mol. The summed E-state index contributed by atoms with van der Waals surface area (Å²) < 4.78 is 294. The fourth-order valence-electron chi connectivity index (χ4n) is 6.81. The molecule has 0 unspecified atom stereocenters. The first-order valence-corrected chi connectivity index (χ1v) is 19.5. The lowest BCUT2D eigenvalue weighted by molar-refractivity contribution is 0.102. The Kier molecular flexibility index (Phi) is 14.3. The molecular weight excluding hydrogens is 947 g/mol. The number of carbonyl (C=O) groups excluding carboxylic acids is 2. The van der Waals surface area contributed by atoms with Crippen LogP contribution in [0.2, 0.25) is 0 Å². The van der Waals surface area contributed by atoms with Gasteiger partial charge in [0.1, 0.15) is 52.7 Å². The lowest BCUT2D eigenvalue weighted by Crippen LogP contribution is -2.81. The van der Waals surface area contributed by atoms with Crippen molar-refractivity contribution in [1.82, 2.24) is 0 Å². The quantitative estimate of drug-likeness (QED) is 0.0363. The maximum absolute atomic E-state index is 15.4. The summed E-state index contributed by atoms with van der Waals surface area (Å²) in [6.07, 6.45) is -3.14. The average molecular weight is 964 g/mol. The summed E-state index contributed by atoms with van der Waals surface area (Å²) in [6, 6.07) is 16.1. The van der Waals surface area contributed by atoms with E-state index in [-0.39, 0.29) is 22.5 Å². The summed E-state index contributed by atoms with van der Waals surface area (Å²) in [5.74, 6) is -70.8. The van der Waals surface area contributed by atoms with E-state index in [1.807, 2.05) is 30.7 Å². The highest BCUT2D eigenvalue weighted by Gasteiger charge is 2.52. The van der Waals surface area contributed by atoms with Crippen LogP contribution < -0.4 is 21.9 Å². The SMILES string of the molecule is C[S+](C)CC(=O)c1cccc(C(=O)c2ccccc2)c1.Fc1c(F)c(F)c([B-](c2c(F)c(F)c(F)c(F)c2F)(c2c(F)c(F)c(F)c(F)c2F)c2c(F)c(F)c(F)c(F)c2F)c(F)c1F. The number of Topliss-reactive ketones (excluding diaryl/α,β-unsaturated/α-hetero) is 1. The van der Waals surface area contributed by atoms with Gasteiger partial charge in [0.05, 0.1) is 12.5 Å². The first kappa shape index (κ1) is 49.7. The van der Waals surface area contributed by atoms with E-state index in [1.165, 1.54) is 0 Å². The van der Waals surface area contributed by atoms with Crippen LogP contribution in [0.3, 0.4) is 0 Å². The molecule has 0 heterocycles. The van der Waals surface area contributed by atoms with Gasteiger partial charge >= 0.3 is 0 Å². The third-order valence-corrected chi connectivity index (χ3v) is 10.4. The molecule has 342 valence electrons. The third-order valence-electron chi connectivity index (χ3n) is 9.61. The summed E-state index contributed by atoms with van der Waals surface area (Å²) in [5, 5.41) is 0. The summed E-state index contributed by atoms with van der Waals surface area (Å²) in [5.41, 5.74) is -12.5. The molecule has 0 saturated heterocycles. The molecule has 65 heavy (non-hydrogen) atoms. The smallest absolute Gasteiger partial charge is 0.211 e. The van der Waals surface area contributed by atoms with Gasteiger partial charge < -0.3 is 0 Å². The molecule has 0 spiro atoms. The van der Waals surface area contributed by atoms with Crippen LogP contribution >= 0.6 is 0 Å². The Hall–Kier alpha value is -6.33. The number of ketones is 2. The second-order valence-electron chi connectivity index (χ2n) is 13.6. The largest absolute Gasteiger partial charge is 0.289 e. The molecule has 0 atom stereocenters. The number of halogens is 20. The summed E-state index contributed by atoms with van der Waals surface area (Å²) in [4.78, 5) is 24.4. The van der Waals surface area contributed by atoms with E-state index in [4.69, 9.17) is 0 Å². The molecule has 2 nitrogen and oxygen atoms in total. The molecule has 0 aliphatic carbocycles. The highest BCUT2D eigenvalue weighted by atomic mass is 32.2. The second-order valence-corrected chi connectivity index (χ2v) is 15.9. The monoisotopic (exact) mass is 964 g/mol. The molecule has 0 saturated carbocycles. The molecule has 24 heteroatoms. The number of hydrogen-bond donors (Lipinski definition) is 0. The first-order valence-electron chi connectivity index (χ1n) is 17.3. The Morgan fingerprint density at radius 2 is 0.600 bits per heavy atom. The van der Waals surface area contributed by atoms with Crippen molar-refractivity contribution in [3.63, 3.8) is 0 Å². The van der Waals surface area contributed by atoms with Crippen molar-refractivity contribution in [3.05, 3.63) is 188 Å². The zero-order chi connectivity index (χ0) is 48.9. The molecule has 0 aliphatic heterocycles. The number of rotatable bonds is 9.